The maximum absolute atomic E-state index is 12.1. The Kier molecular flexibility index (Phi) is 7.30. The molecule has 23 heavy (non-hydrogen) atoms. The molecule has 1 aromatic carbocycles. The summed E-state index contributed by atoms with van der Waals surface area (Å²) in [6.07, 6.45) is 0.990. The van der Waals surface area contributed by atoms with E-state index in [1.165, 1.54) is 0 Å². The van der Waals surface area contributed by atoms with Crippen molar-refractivity contribution in [3.8, 4) is 0 Å². The van der Waals surface area contributed by atoms with Crippen molar-refractivity contribution in [3.63, 3.8) is 0 Å². The number of halogens is 1. The van der Waals surface area contributed by atoms with Crippen LogP contribution in [0.4, 0.5) is 0 Å². The van der Waals surface area contributed by atoms with Gasteiger partial charge >= 0.3 is 0 Å². The van der Waals surface area contributed by atoms with Crippen LogP contribution in [0, 0.1) is 0 Å². The van der Waals surface area contributed by atoms with E-state index in [1.54, 1.807) is 0 Å². The molecule has 0 aliphatic carbocycles. The highest BCUT2D eigenvalue weighted by Gasteiger charge is 2.18. The predicted octanol–water partition coefficient (Wildman–Crippen LogP) is 1.83. The van der Waals surface area contributed by atoms with Crippen molar-refractivity contribution in [2.75, 3.05) is 39.8 Å². The smallest absolute Gasteiger partial charge is 0.234 e. The standard InChI is InChI=1S/C17H26ClN3O2/c1-3-16(13-4-6-14(18)7-5-13)20-17(22)11-19-10-15-12-21(2)8-9-23-15/h4-7,15-16,19H,3,8-12H2,1-2H3,(H,20,22)/t15-,16+/m1/s1. The number of carbonyl (C=O) groups excluding carboxylic acids is 1. The average Bonchev–Trinajstić information content (AvgIpc) is 2.54. The Labute approximate surface area is 143 Å². The highest BCUT2D eigenvalue weighted by molar-refractivity contribution is 6.30. The van der Waals surface area contributed by atoms with Gasteiger partial charge in [-0.05, 0) is 31.2 Å². The van der Waals surface area contributed by atoms with Gasteiger partial charge < -0.3 is 20.3 Å². The van der Waals surface area contributed by atoms with E-state index < -0.39 is 0 Å². The van der Waals surface area contributed by atoms with Crippen LogP contribution >= 0.6 is 11.6 Å². The Hall–Kier alpha value is -1.14. The van der Waals surface area contributed by atoms with E-state index in [-0.39, 0.29) is 18.1 Å². The number of hydrogen-bond acceptors (Lipinski definition) is 4. The van der Waals surface area contributed by atoms with Crippen molar-refractivity contribution in [1.82, 2.24) is 15.5 Å². The van der Waals surface area contributed by atoms with Crippen molar-refractivity contribution in [2.45, 2.75) is 25.5 Å². The Morgan fingerprint density at radius 2 is 2.17 bits per heavy atom. The third kappa shape index (κ3) is 6.11. The van der Waals surface area contributed by atoms with Gasteiger partial charge in [-0.25, -0.2) is 0 Å². The van der Waals surface area contributed by atoms with Crippen LogP contribution in [0.2, 0.25) is 5.02 Å². The van der Waals surface area contributed by atoms with Crippen molar-refractivity contribution >= 4 is 17.5 Å². The quantitative estimate of drug-likeness (QED) is 0.795. The second-order valence-electron chi connectivity index (χ2n) is 5.97. The lowest BCUT2D eigenvalue weighted by Crippen LogP contribution is -2.46. The van der Waals surface area contributed by atoms with E-state index in [0.29, 0.717) is 18.1 Å². The molecule has 1 amide bonds. The summed E-state index contributed by atoms with van der Waals surface area (Å²) in [4.78, 5) is 14.3. The fraction of sp³-hybridized carbons (Fsp3) is 0.588. The van der Waals surface area contributed by atoms with E-state index in [1.807, 2.05) is 24.3 Å². The van der Waals surface area contributed by atoms with Gasteiger partial charge in [0.15, 0.2) is 0 Å². The minimum absolute atomic E-state index is 0.00374. The Morgan fingerprint density at radius 3 is 2.83 bits per heavy atom. The van der Waals surface area contributed by atoms with Gasteiger partial charge in [-0.15, -0.1) is 0 Å². The van der Waals surface area contributed by atoms with Gasteiger partial charge in [0.1, 0.15) is 0 Å². The minimum atomic E-state index is -0.00374. The fourth-order valence-corrected chi connectivity index (χ4v) is 2.82. The lowest BCUT2D eigenvalue weighted by atomic mass is 10.0. The van der Waals surface area contributed by atoms with Crippen molar-refractivity contribution < 1.29 is 9.53 Å². The molecule has 1 fully saturated rings. The molecule has 2 rings (SSSR count). The number of nitrogens with one attached hydrogen (secondary N) is 2. The zero-order valence-corrected chi connectivity index (χ0v) is 14.6. The lowest BCUT2D eigenvalue weighted by Gasteiger charge is -2.30. The highest BCUT2D eigenvalue weighted by atomic mass is 35.5. The summed E-state index contributed by atoms with van der Waals surface area (Å²) in [7, 11) is 2.08. The van der Waals surface area contributed by atoms with Crippen LogP contribution in [0.15, 0.2) is 24.3 Å². The summed E-state index contributed by atoms with van der Waals surface area (Å²) >= 11 is 5.91. The first-order valence-electron chi connectivity index (χ1n) is 8.14. The normalized spacial score (nSPS) is 20.2. The Morgan fingerprint density at radius 1 is 1.43 bits per heavy atom. The summed E-state index contributed by atoms with van der Waals surface area (Å²) in [5.41, 5.74) is 1.07. The number of hydrogen-bond donors (Lipinski definition) is 2. The molecule has 0 unspecified atom stereocenters. The molecule has 0 aromatic heterocycles. The number of ether oxygens (including phenoxy) is 1. The van der Waals surface area contributed by atoms with Gasteiger partial charge in [0.25, 0.3) is 0 Å². The van der Waals surface area contributed by atoms with E-state index in [0.717, 1.165) is 31.7 Å². The zero-order chi connectivity index (χ0) is 16.7. The van der Waals surface area contributed by atoms with Crippen LogP contribution in [0.5, 0.6) is 0 Å². The maximum Gasteiger partial charge on any atom is 0.234 e. The molecule has 0 bridgehead atoms. The third-order valence-electron chi connectivity index (χ3n) is 4.02. The number of carbonyl (C=O) groups is 1. The summed E-state index contributed by atoms with van der Waals surface area (Å²) in [6.45, 7) is 5.67. The van der Waals surface area contributed by atoms with Crippen molar-refractivity contribution in [2.24, 2.45) is 0 Å². The molecule has 0 radical (unpaired) electrons. The van der Waals surface area contributed by atoms with Crippen LogP contribution in [0.1, 0.15) is 24.9 Å². The SMILES string of the molecule is CC[C@H](NC(=O)CNC[C@@H]1CN(C)CCO1)c1ccc(Cl)cc1. The molecule has 5 nitrogen and oxygen atoms in total. The van der Waals surface area contributed by atoms with E-state index >= 15 is 0 Å². The molecule has 0 spiro atoms. The second-order valence-corrected chi connectivity index (χ2v) is 6.40. The third-order valence-corrected chi connectivity index (χ3v) is 4.27. The minimum Gasteiger partial charge on any atom is -0.374 e. The summed E-state index contributed by atoms with van der Waals surface area (Å²) in [6, 6.07) is 7.62. The van der Waals surface area contributed by atoms with Crippen LogP contribution < -0.4 is 10.6 Å². The lowest BCUT2D eigenvalue weighted by molar-refractivity contribution is -0.121. The maximum atomic E-state index is 12.1. The summed E-state index contributed by atoms with van der Waals surface area (Å²) in [5.74, 6) is -0.00374. The van der Waals surface area contributed by atoms with Gasteiger partial charge in [0, 0.05) is 24.7 Å². The van der Waals surface area contributed by atoms with Gasteiger partial charge in [0.05, 0.1) is 25.3 Å². The number of likely N-dealkylation sites (N-methyl/N-ethyl adjacent to an activating group) is 1. The number of rotatable bonds is 7. The van der Waals surface area contributed by atoms with E-state index in [2.05, 4.69) is 29.5 Å². The van der Waals surface area contributed by atoms with E-state index in [9.17, 15) is 4.79 Å². The average molecular weight is 340 g/mol. The molecule has 128 valence electrons. The van der Waals surface area contributed by atoms with Crippen LogP contribution in [0.25, 0.3) is 0 Å². The molecule has 6 heteroatoms. The summed E-state index contributed by atoms with van der Waals surface area (Å²) < 4.78 is 5.66. The molecule has 1 aliphatic rings. The number of morpholine rings is 1. The van der Waals surface area contributed by atoms with Crippen LogP contribution in [0.3, 0.4) is 0 Å². The number of benzene rings is 1. The largest absolute Gasteiger partial charge is 0.374 e. The van der Waals surface area contributed by atoms with Gasteiger partial charge in [-0.3, -0.25) is 4.79 Å². The molecular weight excluding hydrogens is 314 g/mol. The van der Waals surface area contributed by atoms with Crippen LogP contribution in [-0.4, -0.2) is 56.7 Å². The first-order chi connectivity index (χ1) is 11.1. The van der Waals surface area contributed by atoms with E-state index in [4.69, 9.17) is 16.3 Å². The highest BCUT2D eigenvalue weighted by Crippen LogP contribution is 2.18. The Balaban J connectivity index is 1.73. The first kappa shape index (κ1) is 18.2. The second kappa shape index (κ2) is 9.23. The molecule has 0 saturated carbocycles. The van der Waals surface area contributed by atoms with Gasteiger partial charge in [0.2, 0.25) is 5.91 Å². The van der Waals surface area contributed by atoms with Gasteiger partial charge in [-0.2, -0.15) is 0 Å². The topological polar surface area (TPSA) is 53.6 Å². The number of amides is 1. The molecule has 2 N–H and O–H groups in total. The summed E-state index contributed by atoms with van der Waals surface area (Å²) in [5, 5.41) is 6.94. The molecular formula is C17H26ClN3O2. The molecule has 1 aliphatic heterocycles. The van der Waals surface area contributed by atoms with Crippen molar-refractivity contribution in [1.29, 1.82) is 0 Å². The first-order valence-corrected chi connectivity index (χ1v) is 8.52. The number of nitrogens with zero attached hydrogens (tertiary/aromatic N) is 1. The van der Waals surface area contributed by atoms with Crippen molar-refractivity contribution in [3.05, 3.63) is 34.9 Å². The van der Waals surface area contributed by atoms with Crippen LogP contribution in [-0.2, 0) is 9.53 Å². The Bertz CT molecular complexity index is 495. The molecule has 1 heterocycles. The predicted molar refractivity (Wildman–Crippen MR) is 92.7 cm³/mol. The molecule has 2 atom stereocenters. The van der Waals surface area contributed by atoms with Gasteiger partial charge in [-0.1, -0.05) is 30.7 Å². The fourth-order valence-electron chi connectivity index (χ4n) is 2.70. The molecule has 1 saturated heterocycles. The molecule has 1 aromatic rings. The zero-order valence-electron chi connectivity index (χ0n) is 13.8. The monoisotopic (exact) mass is 339 g/mol.